The number of fused-ring (bicyclic) bond motifs is 2. The molecule has 0 unspecified atom stereocenters. The van der Waals surface area contributed by atoms with E-state index >= 15 is 0 Å². The van der Waals surface area contributed by atoms with Gasteiger partial charge in [0.2, 0.25) is 0 Å². The number of esters is 1. The molecule has 3 aliphatic heterocycles. The van der Waals surface area contributed by atoms with Gasteiger partial charge in [-0.25, -0.2) is 9.38 Å². The summed E-state index contributed by atoms with van der Waals surface area (Å²) in [5.41, 5.74) is 2.72. The second-order valence-electron chi connectivity index (χ2n) is 16.2. The molecule has 3 heterocycles. The third-order valence-corrected chi connectivity index (χ3v) is 12.2. The molecular formula is C49H59Cl2FN4O4. The largest absolute Gasteiger partial charge is 0.454 e. The summed E-state index contributed by atoms with van der Waals surface area (Å²) < 4.78 is 25.4. The normalized spacial score (nSPS) is 16.3. The zero-order chi connectivity index (χ0) is 42.3. The summed E-state index contributed by atoms with van der Waals surface area (Å²) in [5.74, 6) is 2.10. The van der Waals surface area contributed by atoms with Crippen molar-refractivity contribution in [1.82, 2.24) is 14.7 Å². The van der Waals surface area contributed by atoms with Crippen LogP contribution in [-0.4, -0.2) is 85.1 Å². The van der Waals surface area contributed by atoms with Crippen molar-refractivity contribution in [2.45, 2.75) is 89.6 Å². The van der Waals surface area contributed by atoms with E-state index in [1.807, 2.05) is 66.7 Å². The van der Waals surface area contributed by atoms with Gasteiger partial charge < -0.3 is 24.2 Å². The van der Waals surface area contributed by atoms with E-state index in [1.165, 1.54) is 44.2 Å². The van der Waals surface area contributed by atoms with Crippen LogP contribution in [0.5, 0.6) is 11.5 Å². The molecule has 3 aliphatic rings. The molecule has 8 nitrogen and oxygen atoms in total. The maximum atomic E-state index is 13.1. The quantitative estimate of drug-likeness (QED) is 0.0670. The van der Waals surface area contributed by atoms with Gasteiger partial charge in [0.05, 0.1) is 5.56 Å². The molecule has 2 fully saturated rings. The third kappa shape index (κ3) is 12.9. The Balaban J connectivity index is 0.000000223. The standard InChI is InChI=1S/C31H41ClFNO3.C18H18ClN3O/c1-2-3-4-5-6-7-8-11-30(36)37-31(26-14-16-27(32)17-15-26)20-23-34(24-21-31)22-9-10-29(35)25-12-18-28(33)19-13-25;1-21-8-10-22(11-9-21)18-14-12-13(19)6-7-16(14)23-17-5-3-2-4-15(17)20-18/h12-19H,2-11,20-24H2,1H3;2-7,12H,8-11H2,1H3. The number of likely N-dealkylation sites (N-methyl/N-ethyl adjacent to an activating group) is 1. The molecule has 7 rings (SSSR count). The summed E-state index contributed by atoms with van der Waals surface area (Å²) in [7, 11) is 2.15. The van der Waals surface area contributed by atoms with Crippen LogP contribution in [0.4, 0.5) is 10.1 Å². The number of hydrogen-bond donors (Lipinski definition) is 0. The molecule has 0 aliphatic carbocycles. The van der Waals surface area contributed by atoms with Crippen molar-refractivity contribution < 1.29 is 23.5 Å². The highest BCUT2D eigenvalue weighted by molar-refractivity contribution is 6.31. The fraction of sp³-hybridized carbons (Fsp3) is 0.449. The van der Waals surface area contributed by atoms with E-state index in [-0.39, 0.29) is 17.6 Å². The first-order chi connectivity index (χ1) is 29.1. The maximum absolute atomic E-state index is 13.1. The molecule has 4 aromatic rings. The minimum atomic E-state index is -0.636. The molecule has 2 saturated heterocycles. The van der Waals surface area contributed by atoms with Crippen molar-refractivity contribution in [2.75, 3.05) is 52.9 Å². The number of benzene rings is 4. The minimum Gasteiger partial charge on any atom is -0.454 e. The van der Waals surface area contributed by atoms with Crippen LogP contribution in [0.25, 0.3) is 0 Å². The number of rotatable bonds is 15. The van der Waals surface area contributed by atoms with E-state index in [0.29, 0.717) is 41.3 Å². The molecule has 0 amide bonds. The monoisotopic (exact) mass is 856 g/mol. The highest BCUT2D eigenvalue weighted by Gasteiger charge is 2.39. The lowest BCUT2D eigenvalue weighted by Crippen LogP contribution is -2.47. The number of ketones is 1. The summed E-state index contributed by atoms with van der Waals surface area (Å²) in [6, 6.07) is 27.0. The Morgan fingerprint density at radius 1 is 0.750 bits per heavy atom. The fourth-order valence-corrected chi connectivity index (χ4v) is 8.33. The smallest absolute Gasteiger partial charge is 0.306 e. The van der Waals surface area contributed by atoms with Crippen LogP contribution in [0.3, 0.4) is 0 Å². The Bertz CT molecular complexity index is 2030. The number of para-hydroxylation sites is 2. The van der Waals surface area contributed by atoms with Gasteiger partial charge in [0.1, 0.15) is 28.7 Å². The first-order valence-electron chi connectivity index (χ1n) is 21.7. The summed E-state index contributed by atoms with van der Waals surface area (Å²) in [5, 5.41) is 1.36. The predicted molar refractivity (Wildman–Crippen MR) is 241 cm³/mol. The van der Waals surface area contributed by atoms with Crippen molar-refractivity contribution in [2.24, 2.45) is 4.99 Å². The van der Waals surface area contributed by atoms with Crippen molar-refractivity contribution in [1.29, 1.82) is 0 Å². The highest BCUT2D eigenvalue weighted by atomic mass is 35.5. The van der Waals surface area contributed by atoms with Crippen molar-refractivity contribution >= 4 is 46.5 Å². The number of nitrogens with zero attached hydrogens (tertiary/aromatic N) is 4. The zero-order valence-corrected chi connectivity index (χ0v) is 36.7. The molecule has 4 aromatic carbocycles. The lowest BCUT2D eigenvalue weighted by atomic mass is 9.84. The Morgan fingerprint density at radius 2 is 1.42 bits per heavy atom. The molecule has 320 valence electrons. The summed E-state index contributed by atoms with van der Waals surface area (Å²) >= 11 is 12.4. The molecule has 11 heteroatoms. The van der Waals surface area contributed by atoms with Crippen LogP contribution >= 0.6 is 23.2 Å². The van der Waals surface area contributed by atoms with Crippen molar-refractivity contribution in [3.8, 4) is 11.5 Å². The SMILES string of the molecule is CCCCCCCCCC(=O)OC1(c2ccc(Cl)cc2)CCN(CCCC(=O)c2ccc(F)cc2)CC1.CN1CCN(C2=Nc3ccccc3Oc3ccc(Cl)cc32)CC1. The Hall–Kier alpha value is -4.28. The van der Waals surface area contributed by atoms with Gasteiger partial charge in [-0.15, -0.1) is 0 Å². The minimum absolute atomic E-state index is 0.0341. The van der Waals surface area contributed by atoms with Gasteiger partial charge in [0, 0.05) is 80.6 Å². The number of carbonyl (C=O) groups excluding carboxylic acids is 2. The highest BCUT2D eigenvalue weighted by Crippen LogP contribution is 2.40. The number of ether oxygens (including phenoxy) is 2. The number of amidine groups is 1. The fourth-order valence-electron chi connectivity index (χ4n) is 8.03. The van der Waals surface area contributed by atoms with Gasteiger partial charge in [-0.3, -0.25) is 9.59 Å². The average Bonchev–Trinajstić information content (AvgIpc) is 3.41. The molecule has 0 bridgehead atoms. The van der Waals surface area contributed by atoms with Gasteiger partial charge in [-0.05, 0) is 98.7 Å². The van der Waals surface area contributed by atoms with Crippen LogP contribution in [0.2, 0.25) is 10.0 Å². The van der Waals surface area contributed by atoms with E-state index in [0.717, 1.165) is 99.2 Å². The van der Waals surface area contributed by atoms with Gasteiger partial charge >= 0.3 is 5.97 Å². The first-order valence-corrected chi connectivity index (χ1v) is 22.5. The van der Waals surface area contributed by atoms with Crippen LogP contribution in [0.15, 0.2) is 96.0 Å². The molecule has 60 heavy (non-hydrogen) atoms. The van der Waals surface area contributed by atoms with Crippen LogP contribution in [0, 0.1) is 5.82 Å². The molecule has 0 aromatic heterocycles. The Kier molecular flexibility index (Phi) is 17.0. The number of halogens is 3. The van der Waals surface area contributed by atoms with E-state index in [1.54, 1.807) is 12.1 Å². The van der Waals surface area contributed by atoms with Crippen LogP contribution < -0.4 is 4.74 Å². The maximum Gasteiger partial charge on any atom is 0.306 e. The molecule has 0 radical (unpaired) electrons. The zero-order valence-electron chi connectivity index (χ0n) is 35.2. The number of unbranched alkanes of at least 4 members (excludes halogenated alkanes) is 6. The van der Waals surface area contributed by atoms with Crippen molar-refractivity contribution in [3.05, 3.63) is 124 Å². The number of piperidine rings is 1. The van der Waals surface area contributed by atoms with Gasteiger partial charge in [0.15, 0.2) is 11.5 Å². The molecule has 0 saturated carbocycles. The third-order valence-electron chi connectivity index (χ3n) is 11.7. The van der Waals surface area contributed by atoms with Crippen LogP contribution in [-0.2, 0) is 15.1 Å². The van der Waals surface area contributed by atoms with Crippen LogP contribution in [0.1, 0.15) is 105 Å². The number of likely N-dealkylation sites (tertiary alicyclic amines) is 1. The summed E-state index contributed by atoms with van der Waals surface area (Å²) in [6.07, 6.45) is 11.2. The van der Waals surface area contributed by atoms with Crippen molar-refractivity contribution in [3.63, 3.8) is 0 Å². The molecule has 0 spiro atoms. The van der Waals surface area contributed by atoms with E-state index < -0.39 is 5.60 Å². The average molecular weight is 858 g/mol. The Labute approximate surface area is 365 Å². The van der Waals surface area contributed by atoms with E-state index in [9.17, 15) is 14.0 Å². The summed E-state index contributed by atoms with van der Waals surface area (Å²) in [4.78, 5) is 37.1. The summed E-state index contributed by atoms with van der Waals surface area (Å²) in [6.45, 7) is 8.54. The number of carbonyl (C=O) groups is 2. The molecule has 0 atom stereocenters. The molecule has 0 N–H and O–H groups in total. The predicted octanol–water partition coefficient (Wildman–Crippen LogP) is 11.9. The van der Waals surface area contributed by atoms with Gasteiger partial charge in [0.25, 0.3) is 0 Å². The first kappa shape index (κ1) is 45.3. The second-order valence-corrected chi connectivity index (χ2v) is 17.0. The number of Topliss-reactive ketones (excluding diaryl/α,β-unsaturated/α-hetero) is 1. The van der Waals surface area contributed by atoms with E-state index in [4.69, 9.17) is 37.7 Å². The lowest BCUT2D eigenvalue weighted by molar-refractivity contribution is -0.167. The Morgan fingerprint density at radius 3 is 2.13 bits per heavy atom. The van der Waals surface area contributed by atoms with E-state index in [2.05, 4.69) is 28.7 Å². The molecular weight excluding hydrogens is 798 g/mol. The van der Waals surface area contributed by atoms with Gasteiger partial charge in [-0.2, -0.15) is 0 Å². The second kappa shape index (κ2) is 22.5. The lowest BCUT2D eigenvalue weighted by Gasteiger charge is -2.41. The van der Waals surface area contributed by atoms with Gasteiger partial charge in [-0.1, -0.05) is 92.9 Å². The number of aliphatic imine (C=N–C) groups is 1. The number of hydrogen-bond acceptors (Lipinski definition) is 8. The number of piperazine rings is 1. The topological polar surface area (TPSA) is 74.7 Å².